The molecule has 0 saturated carbocycles. The number of fused-ring (bicyclic) bond motifs is 1. The van der Waals surface area contributed by atoms with Gasteiger partial charge in [0.2, 0.25) is 5.91 Å². The van der Waals surface area contributed by atoms with E-state index in [4.69, 9.17) is 0 Å². The molecule has 0 radical (unpaired) electrons. The van der Waals surface area contributed by atoms with Crippen molar-refractivity contribution >= 4 is 17.7 Å². The standard InChI is InChI=1S/C21H19F3N2O4/c1-13-7-8-15-16(11-13)20(29)26(19(15)28)10-9-18(27)25(2)12-14-5-3-4-6-17(14)30-21(22,23)24/h3-8,11H,9-10,12H2,1-2H3. The first-order valence-corrected chi connectivity index (χ1v) is 9.11. The summed E-state index contributed by atoms with van der Waals surface area (Å²) in [4.78, 5) is 39.6. The van der Waals surface area contributed by atoms with Gasteiger partial charge < -0.3 is 9.64 Å². The molecular weight excluding hydrogens is 401 g/mol. The van der Waals surface area contributed by atoms with Crippen LogP contribution in [0, 0.1) is 6.92 Å². The summed E-state index contributed by atoms with van der Waals surface area (Å²) in [5, 5.41) is 0. The number of hydrogen-bond donors (Lipinski definition) is 0. The van der Waals surface area contributed by atoms with Gasteiger partial charge >= 0.3 is 6.36 Å². The number of alkyl halides is 3. The molecule has 0 aliphatic carbocycles. The Kier molecular flexibility index (Phi) is 5.82. The van der Waals surface area contributed by atoms with Gasteiger partial charge in [0.15, 0.2) is 0 Å². The van der Waals surface area contributed by atoms with Crippen LogP contribution in [0.4, 0.5) is 13.2 Å². The van der Waals surface area contributed by atoms with Crippen molar-refractivity contribution in [2.24, 2.45) is 0 Å². The molecule has 30 heavy (non-hydrogen) atoms. The number of hydrogen-bond acceptors (Lipinski definition) is 4. The van der Waals surface area contributed by atoms with Crippen LogP contribution in [0.3, 0.4) is 0 Å². The molecule has 0 atom stereocenters. The number of aryl methyl sites for hydroxylation is 1. The lowest BCUT2D eigenvalue weighted by Gasteiger charge is -2.21. The van der Waals surface area contributed by atoms with E-state index in [0.29, 0.717) is 11.1 Å². The molecule has 0 spiro atoms. The smallest absolute Gasteiger partial charge is 0.405 e. The van der Waals surface area contributed by atoms with Crippen molar-refractivity contribution in [2.45, 2.75) is 26.3 Å². The van der Waals surface area contributed by atoms with Gasteiger partial charge in [0.05, 0.1) is 11.1 Å². The molecule has 2 aromatic carbocycles. The molecule has 9 heteroatoms. The number of rotatable bonds is 6. The van der Waals surface area contributed by atoms with Crippen molar-refractivity contribution in [3.05, 3.63) is 64.7 Å². The summed E-state index contributed by atoms with van der Waals surface area (Å²) < 4.78 is 41.6. The van der Waals surface area contributed by atoms with Crippen LogP contribution in [-0.2, 0) is 11.3 Å². The number of nitrogens with zero attached hydrogens (tertiary/aromatic N) is 2. The highest BCUT2D eigenvalue weighted by Crippen LogP contribution is 2.27. The van der Waals surface area contributed by atoms with E-state index in [1.807, 2.05) is 0 Å². The van der Waals surface area contributed by atoms with Crippen LogP contribution < -0.4 is 4.74 Å². The van der Waals surface area contributed by atoms with Crippen molar-refractivity contribution in [3.63, 3.8) is 0 Å². The summed E-state index contributed by atoms with van der Waals surface area (Å²) in [7, 11) is 1.43. The van der Waals surface area contributed by atoms with Crippen LogP contribution in [0.15, 0.2) is 42.5 Å². The first-order chi connectivity index (χ1) is 14.1. The van der Waals surface area contributed by atoms with Crippen molar-refractivity contribution in [2.75, 3.05) is 13.6 Å². The third-order valence-electron chi connectivity index (χ3n) is 4.71. The van der Waals surface area contributed by atoms with Gasteiger partial charge in [0.1, 0.15) is 5.75 Å². The molecule has 0 N–H and O–H groups in total. The maximum Gasteiger partial charge on any atom is 0.573 e. The molecule has 3 amide bonds. The molecule has 1 aliphatic rings. The van der Waals surface area contributed by atoms with Crippen LogP contribution in [0.1, 0.15) is 38.3 Å². The molecule has 1 aliphatic heterocycles. The van der Waals surface area contributed by atoms with Gasteiger partial charge in [-0.15, -0.1) is 13.2 Å². The predicted octanol–water partition coefficient (Wildman–Crippen LogP) is 3.54. The van der Waals surface area contributed by atoms with Crippen LogP contribution in [-0.4, -0.2) is 47.5 Å². The first kappa shape index (κ1) is 21.4. The average Bonchev–Trinajstić information content (AvgIpc) is 2.90. The lowest BCUT2D eigenvalue weighted by atomic mass is 10.1. The molecule has 0 unspecified atom stereocenters. The number of carbonyl (C=O) groups excluding carboxylic acids is 3. The summed E-state index contributed by atoms with van der Waals surface area (Å²) in [5.41, 5.74) is 1.62. The zero-order valence-corrected chi connectivity index (χ0v) is 16.3. The number of carbonyl (C=O) groups is 3. The van der Waals surface area contributed by atoms with Gasteiger partial charge in [0.25, 0.3) is 11.8 Å². The van der Waals surface area contributed by atoms with E-state index in [1.54, 1.807) is 25.1 Å². The average molecular weight is 420 g/mol. The van der Waals surface area contributed by atoms with E-state index in [1.165, 1.54) is 36.2 Å². The molecule has 0 aromatic heterocycles. The third-order valence-corrected chi connectivity index (χ3v) is 4.71. The van der Waals surface area contributed by atoms with Crippen molar-refractivity contribution in [3.8, 4) is 5.75 Å². The molecule has 0 saturated heterocycles. The Balaban J connectivity index is 1.63. The van der Waals surface area contributed by atoms with Gasteiger partial charge in [-0.1, -0.05) is 29.8 Å². The molecule has 6 nitrogen and oxygen atoms in total. The molecule has 0 fully saturated rings. The van der Waals surface area contributed by atoms with Gasteiger partial charge in [-0.3, -0.25) is 19.3 Å². The van der Waals surface area contributed by atoms with Crippen LogP contribution >= 0.6 is 0 Å². The fourth-order valence-corrected chi connectivity index (χ4v) is 3.21. The van der Waals surface area contributed by atoms with Crippen LogP contribution in [0.5, 0.6) is 5.75 Å². The van der Waals surface area contributed by atoms with Crippen LogP contribution in [0.25, 0.3) is 0 Å². The molecule has 3 rings (SSSR count). The fourth-order valence-electron chi connectivity index (χ4n) is 3.21. The molecule has 158 valence electrons. The Morgan fingerprint density at radius 2 is 1.73 bits per heavy atom. The number of amides is 3. The Morgan fingerprint density at radius 3 is 2.43 bits per heavy atom. The van der Waals surface area contributed by atoms with Gasteiger partial charge in [-0.2, -0.15) is 0 Å². The van der Waals surface area contributed by atoms with Crippen LogP contribution in [0.2, 0.25) is 0 Å². The summed E-state index contributed by atoms with van der Waals surface area (Å²) in [5.74, 6) is -1.74. The summed E-state index contributed by atoms with van der Waals surface area (Å²) >= 11 is 0. The van der Waals surface area contributed by atoms with E-state index in [-0.39, 0.29) is 30.8 Å². The number of halogens is 3. The van der Waals surface area contributed by atoms with E-state index in [9.17, 15) is 27.6 Å². The summed E-state index contributed by atoms with van der Waals surface area (Å²) in [6.45, 7) is 1.57. The third kappa shape index (κ3) is 4.61. The lowest BCUT2D eigenvalue weighted by molar-refractivity contribution is -0.275. The normalized spacial score (nSPS) is 13.4. The molecule has 2 aromatic rings. The van der Waals surface area contributed by atoms with E-state index in [0.717, 1.165) is 10.5 Å². The highest BCUT2D eigenvalue weighted by atomic mass is 19.4. The second-order valence-electron chi connectivity index (χ2n) is 6.97. The molecule has 1 heterocycles. The van der Waals surface area contributed by atoms with Gasteiger partial charge in [-0.05, 0) is 25.1 Å². The number of imide groups is 1. The second kappa shape index (κ2) is 8.17. The first-order valence-electron chi connectivity index (χ1n) is 9.11. The van der Waals surface area contributed by atoms with Crippen molar-refractivity contribution in [1.29, 1.82) is 0 Å². The SMILES string of the molecule is Cc1ccc2c(c1)C(=O)N(CCC(=O)N(C)Cc1ccccc1OC(F)(F)F)C2=O. The topological polar surface area (TPSA) is 66.9 Å². The summed E-state index contributed by atoms with van der Waals surface area (Å²) in [6, 6.07) is 10.5. The summed E-state index contributed by atoms with van der Waals surface area (Å²) in [6.07, 6.45) is -4.99. The fraction of sp³-hybridized carbons (Fsp3) is 0.286. The zero-order valence-electron chi connectivity index (χ0n) is 16.3. The molecule has 0 bridgehead atoms. The van der Waals surface area contributed by atoms with Crippen molar-refractivity contribution < 1.29 is 32.3 Å². The minimum absolute atomic E-state index is 0.116. The lowest BCUT2D eigenvalue weighted by Crippen LogP contribution is -2.35. The molecular formula is C21H19F3N2O4. The highest BCUT2D eigenvalue weighted by molar-refractivity contribution is 6.21. The maximum absolute atomic E-state index is 12.5. The largest absolute Gasteiger partial charge is 0.573 e. The van der Waals surface area contributed by atoms with Gasteiger partial charge in [0, 0.05) is 32.1 Å². The zero-order chi connectivity index (χ0) is 22.1. The quantitative estimate of drug-likeness (QED) is 0.671. The van der Waals surface area contributed by atoms with Gasteiger partial charge in [-0.25, -0.2) is 0 Å². The number of ether oxygens (including phenoxy) is 1. The monoisotopic (exact) mass is 420 g/mol. The Labute approximate surface area is 170 Å². The van der Waals surface area contributed by atoms with Crippen molar-refractivity contribution in [1.82, 2.24) is 9.80 Å². The Hall–Kier alpha value is -3.36. The minimum Gasteiger partial charge on any atom is -0.405 e. The van der Waals surface area contributed by atoms with E-state index in [2.05, 4.69) is 4.74 Å². The van der Waals surface area contributed by atoms with E-state index >= 15 is 0 Å². The number of benzene rings is 2. The maximum atomic E-state index is 12.5. The number of para-hydroxylation sites is 1. The predicted molar refractivity (Wildman–Crippen MR) is 101 cm³/mol. The highest BCUT2D eigenvalue weighted by Gasteiger charge is 2.36. The van der Waals surface area contributed by atoms with E-state index < -0.39 is 24.1 Å². The second-order valence-corrected chi connectivity index (χ2v) is 6.97. The Morgan fingerprint density at radius 1 is 1.07 bits per heavy atom. The Bertz CT molecular complexity index is 1000. The minimum atomic E-state index is -4.84.